The van der Waals surface area contributed by atoms with Gasteiger partial charge in [-0.3, -0.25) is 9.36 Å². The molecule has 0 radical (unpaired) electrons. The van der Waals surface area contributed by atoms with Crippen molar-refractivity contribution in [3.63, 3.8) is 0 Å². The van der Waals surface area contributed by atoms with Gasteiger partial charge in [0, 0.05) is 18.6 Å². The molecule has 3 heterocycles. The highest BCUT2D eigenvalue weighted by Gasteiger charge is 2.31. The molecule has 5 nitrogen and oxygen atoms in total. The third-order valence-electron chi connectivity index (χ3n) is 5.06. The zero-order valence-corrected chi connectivity index (χ0v) is 16.2. The van der Waals surface area contributed by atoms with Gasteiger partial charge in [0.25, 0.3) is 0 Å². The first-order chi connectivity index (χ1) is 12.3. The van der Waals surface area contributed by atoms with Crippen molar-refractivity contribution in [3.8, 4) is 10.7 Å². The van der Waals surface area contributed by atoms with Gasteiger partial charge in [0.15, 0.2) is 11.0 Å². The van der Waals surface area contributed by atoms with Crippen molar-refractivity contribution in [1.29, 1.82) is 0 Å². The normalized spacial score (nSPS) is 20.8. The van der Waals surface area contributed by atoms with E-state index in [-0.39, 0.29) is 5.91 Å². The highest BCUT2D eigenvalue weighted by atomic mass is 32.2. The number of hydrogen-bond acceptors (Lipinski definition) is 5. The highest BCUT2D eigenvalue weighted by molar-refractivity contribution is 7.99. The largest absolute Gasteiger partial charge is 0.339 e. The summed E-state index contributed by atoms with van der Waals surface area (Å²) < 4.78 is 2.25. The van der Waals surface area contributed by atoms with Crippen LogP contribution in [-0.4, -0.2) is 43.9 Å². The summed E-state index contributed by atoms with van der Waals surface area (Å²) in [5.74, 6) is 1.67. The maximum Gasteiger partial charge on any atom is 0.233 e. The smallest absolute Gasteiger partial charge is 0.233 e. The first kappa shape index (κ1) is 17.1. The number of aromatic nitrogens is 3. The Kier molecular flexibility index (Phi) is 5.12. The van der Waals surface area contributed by atoms with Gasteiger partial charge in [0.1, 0.15) is 0 Å². The van der Waals surface area contributed by atoms with Gasteiger partial charge >= 0.3 is 0 Å². The van der Waals surface area contributed by atoms with Crippen molar-refractivity contribution in [1.82, 2.24) is 19.7 Å². The molecule has 2 fully saturated rings. The van der Waals surface area contributed by atoms with Gasteiger partial charge in [-0.15, -0.1) is 21.5 Å². The van der Waals surface area contributed by atoms with Crippen molar-refractivity contribution >= 4 is 29.0 Å². The van der Waals surface area contributed by atoms with Crippen LogP contribution in [0.1, 0.15) is 51.5 Å². The van der Waals surface area contributed by atoms with Crippen LogP contribution in [0.4, 0.5) is 0 Å². The standard InChI is InChI=1S/C18H24N4OS2/c1-2-13-6-3-4-10-21(13)16(23)12-25-18-20-19-17(15-7-5-11-24-15)22(18)14-8-9-14/h5,7,11,13-14H,2-4,6,8-10,12H2,1H3/t13-/m0/s1. The Bertz CT molecular complexity index is 724. The summed E-state index contributed by atoms with van der Waals surface area (Å²) in [7, 11) is 0. The van der Waals surface area contributed by atoms with Crippen LogP contribution in [-0.2, 0) is 4.79 Å². The Morgan fingerprint density at radius 3 is 2.92 bits per heavy atom. The van der Waals surface area contributed by atoms with Crippen LogP contribution >= 0.6 is 23.1 Å². The van der Waals surface area contributed by atoms with E-state index in [2.05, 4.69) is 38.0 Å². The first-order valence-electron chi connectivity index (χ1n) is 9.19. The Morgan fingerprint density at radius 1 is 1.32 bits per heavy atom. The third kappa shape index (κ3) is 3.62. The molecule has 0 N–H and O–H groups in total. The quantitative estimate of drug-likeness (QED) is 0.708. The predicted molar refractivity (Wildman–Crippen MR) is 102 cm³/mol. The average molecular weight is 377 g/mol. The van der Waals surface area contributed by atoms with Crippen LogP contribution in [0, 0.1) is 0 Å². The monoisotopic (exact) mass is 376 g/mol. The molecule has 25 heavy (non-hydrogen) atoms. The van der Waals surface area contributed by atoms with E-state index in [1.807, 2.05) is 6.07 Å². The second kappa shape index (κ2) is 7.50. The van der Waals surface area contributed by atoms with Crippen molar-refractivity contribution < 1.29 is 4.79 Å². The third-order valence-corrected chi connectivity index (χ3v) is 6.86. The summed E-state index contributed by atoms with van der Waals surface area (Å²) in [6.45, 7) is 3.09. The Hall–Kier alpha value is -1.34. The number of nitrogens with zero attached hydrogens (tertiary/aromatic N) is 4. The molecule has 4 rings (SSSR count). The van der Waals surface area contributed by atoms with E-state index in [4.69, 9.17) is 0 Å². The molecule has 2 aliphatic rings. The van der Waals surface area contributed by atoms with Gasteiger partial charge in [-0.05, 0) is 50.0 Å². The number of hydrogen-bond donors (Lipinski definition) is 0. The summed E-state index contributed by atoms with van der Waals surface area (Å²) in [5.41, 5.74) is 0. The number of piperidine rings is 1. The molecule has 1 amide bonds. The lowest BCUT2D eigenvalue weighted by atomic mass is 10.0. The number of thiophene rings is 1. The zero-order chi connectivity index (χ0) is 17.2. The van der Waals surface area contributed by atoms with E-state index < -0.39 is 0 Å². The lowest BCUT2D eigenvalue weighted by Crippen LogP contribution is -2.44. The second-order valence-corrected chi connectivity index (χ2v) is 8.71. The van der Waals surface area contributed by atoms with E-state index in [1.165, 1.54) is 19.3 Å². The minimum atomic E-state index is 0.250. The number of likely N-dealkylation sites (tertiary alicyclic amines) is 1. The molecule has 134 valence electrons. The Labute approximate surface area is 156 Å². The van der Waals surface area contributed by atoms with Crippen molar-refractivity contribution in [2.45, 2.75) is 62.7 Å². The lowest BCUT2D eigenvalue weighted by molar-refractivity contribution is -0.132. The van der Waals surface area contributed by atoms with E-state index in [0.29, 0.717) is 17.8 Å². The van der Waals surface area contributed by atoms with Gasteiger partial charge in [-0.1, -0.05) is 24.8 Å². The summed E-state index contributed by atoms with van der Waals surface area (Å²) in [6, 6.07) is 5.06. The van der Waals surface area contributed by atoms with E-state index in [1.54, 1.807) is 23.1 Å². The highest BCUT2D eigenvalue weighted by Crippen LogP contribution is 2.41. The summed E-state index contributed by atoms with van der Waals surface area (Å²) in [4.78, 5) is 16.0. The molecule has 0 spiro atoms. The molecule has 0 unspecified atom stereocenters. The van der Waals surface area contributed by atoms with Crippen molar-refractivity contribution in [3.05, 3.63) is 17.5 Å². The minimum Gasteiger partial charge on any atom is -0.339 e. The van der Waals surface area contributed by atoms with Gasteiger partial charge in [0.2, 0.25) is 5.91 Å². The van der Waals surface area contributed by atoms with Gasteiger partial charge < -0.3 is 4.90 Å². The number of carbonyl (C=O) groups is 1. The van der Waals surface area contributed by atoms with Crippen molar-refractivity contribution in [2.24, 2.45) is 0 Å². The molecule has 0 bridgehead atoms. The number of thioether (sulfide) groups is 1. The Morgan fingerprint density at radius 2 is 2.20 bits per heavy atom. The lowest BCUT2D eigenvalue weighted by Gasteiger charge is -2.35. The number of rotatable bonds is 6. The molecule has 2 aromatic rings. The molecule has 1 atom stereocenters. The molecule has 2 aromatic heterocycles. The zero-order valence-electron chi connectivity index (χ0n) is 14.6. The Balaban J connectivity index is 1.47. The molecule has 1 saturated heterocycles. The summed E-state index contributed by atoms with van der Waals surface area (Å²) in [6.07, 6.45) is 6.94. The van der Waals surface area contributed by atoms with Gasteiger partial charge in [-0.2, -0.15) is 0 Å². The maximum absolute atomic E-state index is 12.7. The fourth-order valence-corrected chi connectivity index (χ4v) is 5.17. The molecular weight excluding hydrogens is 352 g/mol. The number of amides is 1. The SMILES string of the molecule is CC[C@H]1CCCCN1C(=O)CSc1nnc(-c2cccs2)n1C1CC1. The van der Waals surface area contributed by atoms with Crippen LogP contribution < -0.4 is 0 Å². The fraction of sp³-hybridized carbons (Fsp3) is 0.611. The molecule has 1 aliphatic carbocycles. The topological polar surface area (TPSA) is 51.0 Å². The van der Waals surface area contributed by atoms with Crippen LogP contribution in [0.2, 0.25) is 0 Å². The first-order valence-corrected chi connectivity index (χ1v) is 11.1. The van der Waals surface area contributed by atoms with E-state index in [0.717, 1.165) is 41.7 Å². The number of carbonyl (C=O) groups excluding carboxylic acids is 1. The van der Waals surface area contributed by atoms with Crippen LogP contribution in [0.25, 0.3) is 10.7 Å². The van der Waals surface area contributed by atoms with E-state index >= 15 is 0 Å². The maximum atomic E-state index is 12.7. The molecule has 0 aromatic carbocycles. The van der Waals surface area contributed by atoms with E-state index in [9.17, 15) is 4.79 Å². The van der Waals surface area contributed by atoms with Gasteiger partial charge in [0.05, 0.1) is 10.6 Å². The minimum absolute atomic E-state index is 0.250. The summed E-state index contributed by atoms with van der Waals surface area (Å²) >= 11 is 3.24. The van der Waals surface area contributed by atoms with Crippen LogP contribution in [0.5, 0.6) is 0 Å². The van der Waals surface area contributed by atoms with Crippen LogP contribution in [0.15, 0.2) is 22.7 Å². The molecule has 1 aliphatic heterocycles. The molecule has 7 heteroatoms. The fourth-order valence-electron chi connectivity index (χ4n) is 3.57. The van der Waals surface area contributed by atoms with Crippen LogP contribution in [0.3, 0.4) is 0 Å². The van der Waals surface area contributed by atoms with Gasteiger partial charge in [-0.25, -0.2) is 0 Å². The molecular formula is C18H24N4OS2. The predicted octanol–water partition coefficient (Wildman–Crippen LogP) is 4.22. The average Bonchev–Trinajstić information content (AvgIpc) is 3.17. The second-order valence-electron chi connectivity index (χ2n) is 6.82. The molecule has 1 saturated carbocycles. The summed E-state index contributed by atoms with van der Waals surface area (Å²) in [5, 5.41) is 11.8. The van der Waals surface area contributed by atoms with Crippen molar-refractivity contribution in [2.75, 3.05) is 12.3 Å².